The summed E-state index contributed by atoms with van der Waals surface area (Å²) in [7, 11) is 0. The smallest absolute Gasteiger partial charge is 0.270 e. The van der Waals surface area contributed by atoms with Crippen molar-refractivity contribution < 1.29 is 4.79 Å². The maximum Gasteiger partial charge on any atom is 0.270 e. The third-order valence-corrected chi connectivity index (χ3v) is 3.79. The van der Waals surface area contributed by atoms with Crippen LogP contribution in [0, 0.1) is 0 Å². The van der Waals surface area contributed by atoms with Gasteiger partial charge in [0.25, 0.3) is 5.91 Å². The Morgan fingerprint density at radius 2 is 2.28 bits per heavy atom. The maximum atomic E-state index is 12.6. The van der Waals surface area contributed by atoms with Gasteiger partial charge in [-0.1, -0.05) is 0 Å². The van der Waals surface area contributed by atoms with Gasteiger partial charge >= 0.3 is 0 Å². The fourth-order valence-electron chi connectivity index (χ4n) is 2.33. The van der Waals surface area contributed by atoms with Gasteiger partial charge in [0, 0.05) is 42.4 Å². The van der Waals surface area contributed by atoms with E-state index in [1.807, 2.05) is 21.7 Å². The first-order valence-electron chi connectivity index (χ1n) is 6.39. The number of nitrogens with zero attached hydrogens (tertiary/aromatic N) is 2. The topological polar surface area (TPSA) is 37.3 Å². The van der Waals surface area contributed by atoms with E-state index in [0.29, 0.717) is 0 Å². The highest BCUT2D eigenvalue weighted by atomic mass is 79.9. The Morgan fingerprint density at radius 3 is 2.89 bits per heavy atom. The number of carbonyl (C=O) groups excluding carboxylic acids is 1. The van der Waals surface area contributed by atoms with Crippen molar-refractivity contribution in [1.29, 1.82) is 0 Å². The van der Waals surface area contributed by atoms with Gasteiger partial charge in [-0.05, 0) is 42.8 Å². The molecule has 1 aliphatic rings. The Morgan fingerprint density at radius 1 is 1.56 bits per heavy atom. The van der Waals surface area contributed by atoms with E-state index in [4.69, 9.17) is 0 Å². The molecule has 1 aliphatic heterocycles. The number of aromatic nitrogens is 1. The molecule has 1 saturated heterocycles. The summed E-state index contributed by atoms with van der Waals surface area (Å²) >= 11 is 3.45. The molecule has 1 unspecified atom stereocenters. The molecule has 4 nitrogen and oxygen atoms in total. The van der Waals surface area contributed by atoms with E-state index in [2.05, 4.69) is 42.0 Å². The van der Waals surface area contributed by atoms with Gasteiger partial charge in [0.15, 0.2) is 0 Å². The van der Waals surface area contributed by atoms with Crippen LogP contribution in [0.2, 0.25) is 0 Å². The third kappa shape index (κ3) is 2.62. The second kappa shape index (κ2) is 5.45. The van der Waals surface area contributed by atoms with E-state index in [1.165, 1.54) is 0 Å². The third-order valence-electron chi connectivity index (χ3n) is 3.35. The SMILES string of the molecule is CC1CNCCN1C(=O)c1cc(Br)cn1C(C)C. The van der Waals surface area contributed by atoms with Crippen LogP contribution in [0.4, 0.5) is 0 Å². The molecule has 0 bridgehead atoms. The number of hydrogen-bond donors (Lipinski definition) is 1. The van der Waals surface area contributed by atoms with Gasteiger partial charge in [-0.25, -0.2) is 0 Å². The van der Waals surface area contributed by atoms with Crippen LogP contribution in [0.15, 0.2) is 16.7 Å². The van der Waals surface area contributed by atoms with Gasteiger partial charge in [-0.15, -0.1) is 0 Å². The largest absolute Gasteiger partial charge is 0.340 e. The molecule has 1 aromatic rings. The highest BCUT2D eigenvalue weighted by Crippen LogP contribution is 2.21. The first-order chi connectivity index (χ1) is 8.50. The lowest BCUT2D eigenvalue weighted by atomic mass is 10.2. The van der Waals surface area contributed by atoms with E-state index >= 15 is 0 Å². The average Bonchev–Trinajstić information content (AvgIpc) is 2.71. The maximum absolute atomic E-state index is 12.6. The van der Waals surface area contributed by atoms with E-state index < -0.39 is 0 Å². The number of amides is 1. The van der Waals surface area contributed by atoms with E-state index in [-0.39, 0.29) is 18.0 Å². The minimum absolute atomic E-state index is 0.128. The fourth-order valence-corrected chi connectivity index (χ4v) is 2.77. The molecular formula is C13H20BrN3O. The van der Waals surface area contributed by atoms with Crippen molar-refractivity contribution in [2.24, 2.45) is 0 Å². The van der Waals surface area contributed by atoms with Crippen molar-refractivity contribution in [3.8, 4) is 0 Å². The summed E-state index contributed by atoms with van der Waals surface area (Å²) in [5, 5.41) is 3.30. The van der Waals surface area contributed by atoms with Crippen molar-refractivity contribution in [3.05, 3.63) is 22.4 Å². The van der Waals surface area contributed by atoms with Crippen LogP contribution in [0.1, 0.15) is 37.3 Å². The Bertz CT molecular complexity index is 441. The summed E-state index contributed by atoms with van der Waals surface area (Å²) in [6.45, 7) is 8.78. The molecule has 18 heavy (non-hydrogen) atoms. The van der Waals surface area contributed by atoms with E-state index in [1.54, 1.807) is 0 Å². The Balaban J connectivity index is 2.27. The van der Waals surface area contributed by atoms with Crippen LogP contribution < -0.4 is 5.32 Å². The second-order valence-corrected chi connectivity index (χ2v) is 6.01. The molecule has 1 atom stereocenters. The van der Waals surface area contributed by atoms with Crippen LogP contribution >= 0.6 is 15.9 Å². The highest BCUT2D eigenvalue weighted by molar-refractivity contribution is 9.10. The van der Waals surface area contributed by atoms with Gasteiger partial charge in [0.2, 0.25) is 0 Å². The van der Waals surface area contributed by atoms with Crippen molar-refractivity contribution in [1.82, 2.24) is 14.8 Å². The number of hydrogen-bond acceptors (Lipinski definition) is 2. The number of piperazine rings is 1. The second-order valence-electron chi connectivity index (χ2n) is 5.10. The number of nitrogens with one attached hydrogen (secondary N) is 1. The Hall–Kier alpha value is -0.810. The summed E-state index contributed by atoms with van der Waals surface area (Å²) in [4.78, 5) is 14.6. The van der Waals surface area contributed by atoms with Crippen molar-refractivity contribution >= 4 is 21.8 Å². The highest BCUT2D eigenvalue weighted by Gasteiger charge is 2.26. The van der Waals surface area contributed by atoms with Crippen LogP contribution in [0.25, 0.3) is 0 Å². The van der Waals surface area contributed by atoms with Crippen LogP contribution in [-0.2, 0) is 0 Å². The summed E-state index contributed by atoms with van der Waals surface area (Å²) in [6, 6.07) is 2.45. The molecule has 0 aliphatic carbocycles. The van der Waals surface area contributed by atoms with Gasteiger partial charge in [0.05, 0.1) is 0 Å². The van der Waals surface area contributed by atoms with E-state index in [9.17, 15) is 4.79 Å². The van der Waals surface area contributed by atoms with Gasteiger partial charge in [-0.3, -0.25) is 4.79 Å². The minimum Gasteiger partial charge on any atom is -0.340 e. The fraction of sp³-hybridized carbons (Fsp3) is 0.615. The Kier molecular flexibility index (Phi) is 4.12. The molecule has 0 aromatic carbocycles. The molecule has 1 fully saturated rings. The molecule has 0 spiro atoms. The first-order valence-corrected chi connectivity index (χ1v) is 7.19. The lowest BCUT2D eigenvalue weighted by Crippen LogP contribution is -2.52. The Labute approximate surface area is 116 Å². The quantitative estimate of drug-likeness (QED) is 0.909. The molecule has 5 heteroatoms. The molecule has 2 heterocycles. The molecule has 1 N–H and O–H groups in total. The number of rotatable bonds is 2. The lowest BCUT2D eigenvalue weighted by molar-refractivity contribution is 0.0643. The van der Waals surface area contributed by atoms with Crippen molar-refractivity contribution in [2.45, 2.75) is 32.9 Å². The van der Waals surface area contributed by atoms with Gasteiger partial charge < -0.3 is 14.8 Å². The van der Waals surface area contributed by atoms with Crippen LogP contribution in [-0.4, -0.2) is 41.1 Å². The van der Waals surface area contributed by atoms with Gasteiger partial charge in [-0.2, -0.15) is 0 Å². The zero-order valence-electron chi connectivity index (χ0n) is 11.1. The predicted octanol–water partition coefficient (Wildman–Crippen LogP) is 2.27. The summed E-state index contributed by atoms with van der Waals surface area (Å²) in [5.74, 6) is 0.128. The number of halogens is 1. The zero-order valence-corrected chi connectivity index (χ0v) is 12.7. The van der Waals surface area contributed by atoms with E-state index in [0.717, 1.165) is 29.8 Å². The monoisotopic (exact) mass is 313 g/mol. The molecule has 1 aromatic heterocycles. The summed E-state index contributed by atoms with van der Waals surface area (Å²) < 4.78 is 2.99. The average molecular weight is 314 g/mol. The van der Waals surface area contributed by atoms with Crippen LogP contribution in [0.5, 0.6) is 0 Å². The zero-order chi connectivity index (χ0) is 13.3. The molecule has 0 radical (unpaired) electrons. The number of carbonyl (C=O) groups is 1. The first kappa shape index (κ1) is 13.6. The molecule has 100 valence electrons. The summed E-state index contributed by atoms with van der Waals surface area (Å²) in [5.41, 5.74) is 0.769. The molecule has 0 saturated carbocycles. The van der Waals surface area contributed by atoms with Gasteiger partial charge in [0.1, 0.15) is 5.69 Å². The lowest BCUT2D eigenvalue weighted by Gasteiger charge is -2.34. The standard InChI is InChI=1S/C13H20BrN3O/c1-9(2)17-8-11(14)6-12(17)13(18)16-5-4-15-7-10(16)3/h6,8-10,15H,4-5,7H2,1-3H3. The van der Waals surface area contributed by atoms with Crippen LogP contribution in [0.3, 0.4) is 0 Å². The molecule has 1 amide bonds. The minimum atomic E-state index is 0.128. The normalized spacial score (nSPS) is 20.5. The van der Waals surface area contributed by atoms with Crippen molar-refractivity contribution in [3.63, 3.8) is 0 Å². The predicted molar refractivity (Wildman–Crippen MR) is 75.9 cm³/mol. The molecule has 2 rings (SSSR count). The van der Waals surface area contributed by atoms with Crippen molar-refractivity contribution in [2.75, 3.05) is 19.6 Å². The summed E-state index contributed by atoms with van der Waals surface area (Å²) in [6.07, 6.45) is 1.98. The molecular weight excluding hydrogens is 294 g/mol.